The Morgan fingerprint density at radius 3 is 2.23 bits per heavy atom. The second kappa shape index (κ2) is 9.76. The highest BCUT2D eigenvalue weighted by atomic mass is 16.5. The first-order chi connectivity index (χ1) is 15.0. The number of nitrogens with one attached hydrogen (secondary N) is 1. The van der Waals surface area contributed by atoms with Gasteiger partial charge in [-0.15, -0.1) is 0 Å². The Labute approximate surface area is 180 Å². The van der Waals surface area contributed by atoms with Crippen molar-refractivity contribution in [3.8, 4) is 6.07 Å². The highest BCUT2D eigenvalue weighted by Crippen LogP contribution is 2.27. The number of carbonyl (C=O) groups is 2. The summed E-state index contributed by atoms with van der Waals surface area (Å²) in [5.41, 5.74) is 8.14. The number of nitrogen functional groups attached to an aromatic ring is 1. The molecular formula is C24H20N4O3. The number of nitrogens with zero attached hydrogens (tertiary/aromatic N) is 2. The second-order valence-electron chi connectivity index (χ2n) is 6.44. The van der Waals surface area contributed by atoms with Crippen LogP contribution in [0.15, 0.2) is 90.6 Å². The molecular weight excluding hydrogens is 392 g/mol. The van der Waals surface area contributed by atoms with Gasteiger partial charge in [0.2, 0.25) is 0 Å². The predicted molar refractivity (Wildman–Crippen MR) is 120 cm³/mol. The van der Waals surface area contributed by atoms with Gasteiger partial charge in [-0.1, -0.05) is 30.3 Å². The Hall–Kier alpha value is -4.57. The summed E-state index contributed by atoms with van der Waals surface area (Å²) in [5, 5.41) is 12.3. The van der Waals surface area contributed by atoms with Gasteiger partial charge in [0.25, 0.3) is 5.91 Å². The Kier molecular flexibility index (Phi) is 6.66. The Balaban J connectivity index is 1.97. The van der Waals surface area contributed by atoms with Crippen LogP contribution in [0.5, 0.6) is 0 Å². The number of amides is 1. The fourth-order valence-corrected chi connectivity index (χ4v) is 2.86. The van der Waals surface area contributed by atoms with Gasteiger partial charge in [0.1, 0.15) is 11.6 Å². The molecule has 0 aliphatic carbocycles. The molecule has 0 atom stereocenters. The van der Waals surface area contributed by atoms with E-state index in [9.17, 15) is 14.9 Å². The lowest BCUT2D eigenvalue weighted by molar-refractivity contribution is -0.112. The molecule has 1 amide bonds. The van der Waals surface area contributed by atoms with Crippen LogP contribution in [0.2, 0.25) is 0 Å². The summed E-state index contributed by atoms with van der Waals surface area (Å²) < 4.78 is 4.75. The van der Waals surface area contributed by atoms with Gasteiger partial charge in [0, 0.05) is 23.3 Å². The SMILES string of the molecule is COC(=O)c1ccccc1NC(=O)/C(C#N)=C\N(c1ccccc1)c1ccc(N)cc1. The van der Waals surface area contributed by atoms with Gasteiger partial charge >= 0.3 is 5.97 Å². The van der Waals surface area contributed by atoms with E-state index in [2.05, 4.69) is 5.32 Å². The quantitative estimate of drug-likeness (QED) is 0.271. The van der Waals surface area contributed by atoms with Crippen LogP contribution in [-0.4, -0.2) is 19.0 Å². The number of carbonyl (C=O) groups excluding carboxylic acids is 2. The van der Waals surface area contributed by atoms with E-state index in [-0.39, 0.29) is 16.8 Å². The van der Waals surface area contributed by atoms with Crippen LogP contribution < -0.4 is 16.0 Å². The number of benzene rings is 3. The topological polar surface area (TPSA) is 108 Å². The van der Waals surface area contributed by atoms with Crippen molar-refractivity contribution < 1.29 is 14.3 Å². The first kappa shape index (κ1) is 21.1. The molecule has 0 aliphatic heterocycles. The molecule has 7 heteroatoms. The third kappa shape index (κ3) is 5.08. The van der Waals surface area contributed by atoms with Crippen LogP contribution in [0.1, 0.15) is 10.4 Å². The van der Waals surface area contributed by atoms with E-state index >= 15 is 0 Å². The number of hydrogen-bond donors (Lipinski definition) is 2. The molecule has 31 heavy (non-hydrogen) atoms. The molecule has 3 aromatic rings. The Morgan fingerprint density at radius 1 is 0.968 bits per heavy atom. The number of anilines is 4. The molecule has 0 heterocycles. The van der Waals surface area contributed by atoms with E-state index in [0.29, 0.717) is 5.69 Å². The van der Waals surface area contributed by atoms with Gasteiger partial charge in [-0.3, -0.25) is 4.79 Å². The van der Waals surface area contributed by atoms with Crippen LogP contribution in [0.25, 0.3) is 0 Å². The molecule has 0 fully saturated rings. The summed E-state index contributed by atoms with van der Waals surface area (Å²) in [6, 6.07) is 24.7. The number of ether oxygens (including phenoxy) is 1. The monoisotopic (exact) mass is 412 g/mol. The van der Waals surface area contributed by atoms with E-state index in [1.165, 1.54) is 19.4 Å². The molecule has 3 N–H and O–H groups in total. The summed E-state index contributed by atoms with van der Waals surface area (Å²) in [6.45, 7) is 0. The van der Waals surface area contributed by atoms with Crippen molar-refractivity contribution in [2.24, 2.45) is 0 Å². The summed E-state index contributed by atoms with van der Waals surface area (Å²) in [5.74, 6) is -1.25. The van der Waals surface area contributed by atoms with Gasteiger partial charge < -0.3 is 20.7 Å². The summed E-state index contributed by atoms with van der Waals surface area (Å²) in [7, 11) is 1.26. The van der Waals surface area contributed by atoms with Gasteiger partial charge in [0.05, 0.1) is 18.4 Å². The lowest BCUT2D eigenvalue weighted by atomic mass is 10.1. The molecule has 3 rings (SSSR count). The molecule has 0 unspecified atom stereocenters. The molecule has 0 aromatic heterocycles. The van der Waals surface area contributed by atoms with Crippen LogP contribution in [0.3, 0.4) is 0 Å². The first-order valence-corrected chi connectivity index (χ1v) is 9.34. The zero-order chi connectivity index (χ0) is 22.2. The van der Waals surface area contributed by atoms with E-state index in [0.717, 1.165) is 11.4 Å². The van der Waals surface area contributed by atoms with Crippen molar-refractivity contribution in [3.05, 3.63) is 96.2 Å². The summed E-state index contributed by atoms with van der Waals surface area (Å²) >= 11 is 0. The lowest BCUT2D eigenvalue weighted by Gasteiger charge is -2.21. The van der Waals surface area contributed by atoms with E-state index < -0.39 is 11.9 Å². The Bertz CT molecular complexity index is 1150. The van der Waals surface area contributed by atoms with E-state index in [1.807, 2.05) is 36.4 Å². The number of hydrogen-bond acceptors (Lipinski definition) is 6. The molecule has 0 saturated carbocycles. The number of para-hydroxylation sites is 2. The third-order valence-electron chi connectivity index (χ3n) is 4.41. The number of rotatable bonds is 6. The highest BCUT2D eigenvalue weighted by molar-refractivity contribution is 6.10. The van der Waals surface area contributed by atoms with Gasteiger partial charge in [-0.05, 0) is 48.5 Å². The van der Waals surface area contributed by atoms with Crippen molar-refractivity contribution in [1.29, 1.82) is 5.26 Å². The average molecular weight is 412 g/mol. The Morgan fingerprint density at radius 2 is 1.58 bits per heavy atom. The van der Waals surface area contributed by atoms with Crippen molar-refractivity contribution in [1.82, 2.24) is 0 Å². The standard InChI is InChI=1S/C24H20N4O3/c1-31-24(30)21-9-5-6-10-22(21)27-23(29)17(15-25)16-28(19-7-3-2-4-8-19)20-13-11-18(26)12-14-20/h2-14,16H,26H2,1H3,(H,27,29)/b17-16-. The fraction of sp³-hybridized carbons (Fsp3) is 0.0417. The molecule has 0 radical (unpaired) electrons. The summed E-state index contributed by atoms with van der Waals surface area (Å²) in [4.78, 5) is 26.5. The molecule has 3 aromatic carbocycles. The molecule has 7 nitrogen and oxygen atoms in total. The normalized spacial score (nSPS) is 10.6. The first-order valence-electron chi connectivity index (χ1n) is 9.34. The summed E-state index contributed by atoms with van der Waals surface area (Å²) in [6.07, 6.45) is 1.44. The molecule has 0 bridgehead atoms. The van der Waals surface area contributed by atoms with E-state index in [4.69, 9.17) is 10.5 Å². The van der Waals surface area contributed by atoms with Crippen LogP contribution >= 0.6 is 0 Å². The van der Waals surface area contributed by atoms with Crippen LogP contribution in [-0.2, 0) is 9.53 Å². The molecule has 0 saturated heterocycles. The lowest BCUT2D eigenvalue weighted by Crippen LogP contribution is -2.19. The number of methoxy groups -OCH3 is 1. The minimum atomic E-state index is -0.657. The largest absolute Gasteiger partial charge is 0.465 e. The number of esters is 1. The van der Waals surface area contributed by atoms with Crippen molar-refractivity contribution in [2.75, 3.05) is 23.1 Å². The van der Waals surface area contributed by atoms with Gasteiger partial charge in [-0.25, -0.2) is 4.79 Å². The number of nitriles is 1. The third-order valence-corrected chi connectivity index (χ3v) is 4.41. The van der Waals surface area contributed by atoms with Crippen molar-refractivity contribution >= 4 is 34.6 Å². The maximum absolute atomic E-state index is 12.9. The van der Waals surface area contributed by atoms with Crippen molar-refractivity contribution in [2.45, 2.75) is 0 Å². The maximum Gasteiger partial charge on any atom is 0.339 e. The fourth-order valence-electron chi connectivity index (χ4n) is 2.86. The van der Waals surface area contributed by atoms with Crippen LogP contribution in [0, 0.1) is 11.3 Å². The molecule has 154 valence electrons. The smallest absolute Gasteiger partial charge is 0.339 e. The maximum atomic E-state index is 12.9. The van der Waals surface area contributed by atoms with E-state index in [1.54, 1.807) is 47.4 Å². The zero-order valence-electron chi connectivity index (χ0n) is 16.8. The van der Waals surface area contributed by atoms with Gasteiger partial charge in [-0.2, -0.15) is 5.26 Å². The highest BCUT2D eigenvalue weighted by Gasteiger charge is 2.17. The number of nitrogens with two attached hydrogens (primary N) is 1. The van der Waals surface area contributed by atoms with Crippen molar-refractivity contribution in [3.63, 3.8) is 0 Å². The molecule has 0 aliphatic rings. The minimum absolute atomic E-state index is 0.152. The minimum Gasteiger partial charge on any atom is -0.465 e. The predicted octanol–water partition coefficient (Wildman–Crippen LogP) is 4.24. The van der Waals surface area contributed by atoms with Gasteiger partial charge in [0.15, 0.2) is 0 Å². The van der Waals surface area contributed by atoms with Crippen LogP contribution in [0.4, 0.5) is 22.7 Å². The average Bonchev–Trinajstić information content (AvgIpc) is 2.81. The molecule has 0 spiro atoms. The second-order valence-corrected chi connectivity index (χ2v) is 6.44. The zero-order valence-corrected chi connectivity index (χ0v) is 16.8.